The topological polar surface area (TPSA) is 33.3 Å². The summed E-state index contributed by atoms with van der Waals surface area (Å²) in [6.45, 7) is 6.79. The monoisotopic (exact) mass is 420 g/mol. The molecule has 0 radical (unpaired) electrons. The maximum Gasteiger partial charge on any atom is 0.237 e. The Hall–Kier alpha value is -2.92. The molecule has 0 aliphatic rings. The van der Waals surface area contributed by atoms with Crippen LogP contribution < -0.4 is 4.57 Å². The Kier molecular flexibility index (Phi) is 6.73. The Morgan fingerprint density at radius 2 is 1.60 bits per heavy atom. The van der Waals surface area contributed by atoms with Crippen LogP contribution in [-0.4, -0.2) is 10.8 Å². The van der Waals surface area contributed by atoms with Gasteiger partial charge in [-0.15, -0.1) is 0 Å². The van der Waals surface area contributed by atoms with Gasteiger partial charge in [-0.25, -0.2) is 4.39 Å². The SMILES string of the molecule is CC(C)(C)c1cc[n+]([C@@H](C(=O)c2ccc(F)cc2)C([S-])=NCc2ccccc2)cc1. The van der Waals surface area contributed by atoms with Crippen LogP contribution in [0.25, 0.3) is 0 Å². The minimum atomic E-state index is -0.775. The molecule has 0 N–H and O–H groups in total. The van der Waals surface area contributed by atoms with Gasteiger partial charge in [0.25, 0.3) is 0 Å². The molecule has 0 aliphatic heterocycles. The molecule has 1 atom stereocenters. The van der Waals surface area contributed by atoms with E-state index in [1.807, 2.05) is 54.9 Å². The van der Waals surface area contributed by atoms with Gasteiger partial charge in [-0.2, -0.15) is 4.57 Å². The number of halogens is 1. The van der Waals surface area contributed by atoms with Crippen molar-refractivity contribution in [3.63, 3.8) is 0 Å². The molecule has 2 aromatic carbocycles. The van der Waals surface area contributed by atoms with Crippen molar-refractivity contribution >= 4 is 23.5 Å². The average Bonchev–Trinajstić information content (AvgIpc) is 2.73. The number of aliphatic imine (C=N–C) groups is 1. The number of nitrogens with zero attached hydrogens (tertiary/aromatic N) is 2. The first-order valence-electron chi connectivity index (χ1n) is 9.82. The molecule has 0 unspecified atom stereocenters. The molecule has 3 aromatic rings. The van der Waals surface area contributed by atoms with E-state index >= 15 is 0 Å². The van der Waals surface area contributed by atoms with Crippen LogP contribution in [0.5, 0.6) is 0 Å². The van der Waals surface area contributed by atoms with E-state index in [-0.39, 0.29) is 17.0 Å². The molecule has 0 amide bonds. The number of ketones is 1. The Morgan fingerprint density at radius 3 is 2.17 bits per heavy atom. The highest BCUT2D eigenvalue weighted by molar-refractivity contribution is 7.77. The van der Waals surface area contributed by atoms with Crippen LogP contribution in [0.3, 0.4) is 0 Å². The lowest BCUT2D eigenvalue weighted by Crippen LogP contribution is -2.47. The molecule has 5 heteroatoms. The summed E-state index contributed by atoms with van der Waals surface area (Å²) in [6.07, 6.45) is 3.72. The number of benzene rings is 2. The third-order valence-corrected chi connectivity index (χ3v) is 5.24. The van der Waals surface area contributed by atoms with Crippen molar-refractivity contribution in [2.75, 3.05) is 0 Å². The highest BCUT2D eigenvalue weighted by atomic mass is 32.1. The highest BCUT2D eigenvalue weighted by Crippen LogP contribution is 2.21. The van der Waals surface area contributed by atoms with Gasteiger partial charge in [0.1, 0.15) is 5.82 Å². The second kappa shape index (κ2) is 9.26. The van der Waals surface area contributed by atoms with Gasteiger partial charge in [0, 0.05) is 17.7 Å². The van der Waals surface area contributed by atoms with E-state index in [1.165, 1.54) is 24.3 Å². The van der Waals surface area contributed by atoms with E-state index in [0.717, 1.165) is 11.1 Å². The predicted octanol–water partition coefficient (Wildman–Crippen LogP) is 4.98. The number of carbonyl (C=O) groups is 1. The number of carbonyl (C=O) groups excluding carboxylic acids is 1. The van der Waals surface area contributed by atoms with Crippen LogP contribution in [0.1, 0.15) is 48.3 Å². The number of Topliss-reactive ketones (excluding diaryl/α,β-unsaturated/α-hetero) is 1. The molecule has 154 valence electrons. The predicted molar refractivity (Wildman–Crippen MR) is 120 cm³/mol. The van der Waals surface area contributed by atoms with Crippen molar-refractivity contribution in [2.45, 2.75) is 38.8 Å². The second-order valence-corrected chi connectivity index (χ2v) is 8.62. The summed E-state index contributed by atoms with van der Waals surface area (Å²) in [5.74, 6) is -0.605. The van der Waals surface area contributed by atoms with Gasteiger partial charge in [0.15, 0.2) is 12.4 Å². The largest absolute Gasteiger partial charge is 0.758 e. The molecule has 0 bridgehead atoms. The van der Waals surface area contributed by atoms with E-state index in [1.54, 1.807) is 4.57 Å². The molecular weight excluding hydrogens is 395 g/mol. The zero-order valence-electron chi connectivity index (χ0n) is 17.4. The van der Waals surface area contributed by atoms with E-state index in [9.17, 15) is 9.18 Å². The first kappa shape index (κ1) is 21.8. The van der Waals surface area contributed by atoms with Crippen LogP contribution >= 0.6 is 0 Å². The Morgan fingerprint density at radius 1 is 1.00 bits per heavy atom. The van der Waals surface area contributed by atoms with Gasteiger partial charge < -0.3 is 17.6 Å². The minimum Gasteiger partial charge on any atom is -0.758 e. The molecule has 1 heterocycles. The Balaban J connectivity index is 1.97. The van der Waals surface area contributed by atoms with Crippen molar-refractivity contribution in [3.8, 4) is 0 Å². The molecule has 0 saturated carbocycles. The lowest BCUT2D eigenvalue weighted by atomic mass is 9.88. The van der Waals surface area contributed by atoms with Gasteiger partial charge in [0.05, 0.1) is 6.54 Å². The standard InChI is InChI=1S/C25H25FN2OS/c1-25(2,3)20-13-15-28(16-14-20)22(23(29)19-9-11-21(26)12-10-19)24(30)27-17-18-7-5-4-6-8-18/h4-16,22H,17H2,1-3H3/t22-/m0/s1. The summed E-state index contributed by atoms with van der Waals surface area (Å²) in [5, 5.41) is 0.293. The molecule has 3 nitrogen and oxygen atoms in total. The van der Waals surface area contributed by atoms with E-state index < -0.39 is 6.04 Å². The quantitative estimate of drug-likeness (QED) is 0.185. The summed E-state index contributed by atoms with van der Waals surface area (Å²) in [7, 11) is 0. The number of pyridine rings is 1. The molecular formula is C25H25FN2OS. The summed E-state index contributed by atoms with van der Waals surface area (Å²) >= 11 is 5.58. The second-order valence-electron chi connectivity index (χ2n) is 8.20. The summed E-state index contributed by atoms with van der Waals surface area (Å²) in [5.41, 5.74) is 2.55. The Labute approximate surface area is 182 Å². The van der Waals surface area contributed by atoms with Gasteiger partial charge in [-0.05, 0) is 45.9 Å². The van der Waals surface area contributed by atoms with Crippen molar-refractivity contribution in [1.29, 1.82) is 0 Å². The minimum absolute atomic E-state index is 0.00620. The van der Waals surface area contributed by atoms with E-state index in [4.69, 9.17) is 12.6 Å². The maximum absolute atomic E-state index is 13.3. The third kappa shape index (κ3) is 5.36. The highest BCUT2D eigenvalue weighted by Gasteiger charge is 2.29. The van der Waals surface area contributed by atoms with Gasteiger partial charge >= 0.3 is 0 Å². The fourth-order valence-electron chi connectivity index (χ4n) is 3.10. The maximum atomic E-state index is 13.3. The molecule has 0 saturated heterocycles. The van der Waals surface area contributed by atoms with Crippen molar-refractivity contribution in [2.24, 2.45) is 4.99 Å². The summed E-state index contributed by atoms with van der Waals surface area (Å²) in [4.78, 5) is 17.8. The first-order chi connectivity index (χ1) is 14.3. The lowest BCUT2D eigenvalue weighted by Gasteiger charge is -2.21. The van der Waals surface area contributed by atoms with Gasteiger partial charge in [-0.1, -0.05) is 51.1 Å². The number of hydrogen-bond donors (Lipinski definition) is 0. The van der Waals surface area contributed by atoms with E-state index in [0.29, 0.717) is 17.2 Å². The van der Waals surface area contributed by atoms with Crippen molar-refractivity contribution in [3.05, 3.63) is 102 Å². The number of hydrogen-bond acceptors (Lipinski definition) is 3. The van der Waals surface area contributed by atoms with Crippen molar-refractivity contribution < 1.29 is 13.8 Å². The fraction of sp³-hybridized carbons (Fsp3) is 0.240. The summed E-state index contributed by atoms with van der Waals surface area (Å²) in [6, 6.07) is 18.5. The van der Waals surface area contributed by atoms with Gasteiger partial charge in [-0.3, -0.25) is 4.79 Å². The van der Waals surface area contributed by atoms with Crippen LogP contribution in [0.2, 0.25) is 0 Å². The lowest BCUT2D eigenvalue weighted by molar-refractivity contribution is -0.692. The smallest absolute Gasteiger partial charge is 0.237 e. The average molecular weight is 421 g/mol. The molecule has 0 spiro atoms. The zero-order valence-corrected chi connectivity index (χ0v) is 18.2. The first-order valence-corrected chi connectivity index (χ1v) is 10.2. The molecule has 30 heavy (non-hydrogen) atoms. The number of rotatable bonds is 6. The zero-order chi connectivity index (χ0) is 21.7. The van der Waals surface area contributed by atoms with Crippen LogP contribution in [0.15, 0.2) is 84.1 Å². The van der Waals surface area contributed by atoms with Crippen molar-refractivity contribution in [1.82, 2.24) is 0 Å². The molecule has 0 aliphatic carbocycles. The molecule has 1 aromatic heterocycles. The number of aromatic nitrogens is 1. The summed E-state index contributed by atoms with van der Waals surface area (Å²) < 4.78 is 15.1. The normalized spacial score (nSPS) is 13.1. The van der Waals surface area contributed by atoms with Crippen LogP contribution in [0.4, 0.5) is 4.39 Å². The van der Waals surface area contributed by atoms with Gasteiger partial charge in [0.2, 0.25) is 11.8 Å². The molecule has 0 fully saturated rings. The van der Waals surface area contributed by atoms with Crippen LogP contribution in [0, 0.1) is 5.82 Å². The Bertz CT molecular complexity index is 1020. The fourth-order valence-corrected chi connectivity index (χ4v) is 3.39. The van der Waals surface area contributed by atoms with E-state index in [2.05, 4.69) is 25.8 Å². The molecule has 3 rings (SSSR count). The van der Waals surface area contributed by atoms with Crippen LogP contribution in [-0.2, 0) is 24.6 Å². The third-order valence-electron chi connectivity index (χ3n) is 4.89.